The predicted molar refractivity (Wildman–Crippen MR) is 67.4 cm³/mol. The van der Waals surface area contributed by atoms with Gasteiger partial charge in [0.2, 0.25) is 5.91 Å². The lowest BCUT2D eigenvalue weighted by molar-refractivity contribution is -0.124. The monoisotopic (exact) mass is 235 g/mol. The van der Waals surface area contributed by atoms with Crippen molar-refractivity contribution < 1.29 is 4.79 Å². The maximum atomic E-state index is 12.0. The first-order chi connectivity index (χ1) is 8.16. The number of nitrogens with zero attached hydrogens (tertiary/aromatic N) is 1. The van der Waals surface area contributed by atoms with E-state index in [1.54, 1.807) is 0 Å². The van der Waals surface area contributed by atoms with E-state index in [9.17, 15) is 4.79 Å². The lowest BCUT2D eigenvalue weighted by Crippen LogP contribution is -2.48. The highest BCUT2D eigenvalue weighted by atomic mass is 16.2. The topological polar surface area (TPSA) is 46.1 Å². The summed E-state index contributed by atoms with van der Waals surface area (Å²) < 4.78 is 2.03. The van der Waals surface area contributed by atoms with Gasteiger partial charge in [0, 0.05) is 18.9 Å². The van der Waals surface area contributed by atoms with E-state index in [1.807, 2.05) is 29.9 Å². The number of piperidine rings is 1. The van der Waals surface area contributed by atoms with Crippen LogP contribution in [-0.2, 0) is 18.4 Å². The molecule has 1 aliphatic rings. The molecule has 0 aliphatic carbocycles. The van der Waals surface area contributed by atoms with E-state index in [2.05, 4.69) is 17.6 Å². The highest BCUT2D eigenvalue weighted by molar-refractivity contribution is 5.81. The van der Waals surface area contributed by atoms with Crippen LogP contribution < -0.4 is 10.6 Å². The van der Waals surface area contributed by atoms with Gasteiger partial charge >= 0.3 is 0 Å². The summed E-state index contributed by atoms with van der Waals surface area (Å²) >= 11 is 0. The largest absolute Gasteiger partial charge is 0.353 e. The summed E-state index contributed by atoms with van der Waals surface area (Å²) in [5.41, 5.74) is 1.13. The maximum absolute atomic E-state index is 12.0. The summed E-state index contributed by atoms with van der Waals surface area (Å²) in [7, 11) is 1.99. The summed E-state index contributed by atoms with van der Waals surface area (Å²) in [6.07, 6.45) is 4.10. The van der Waals surface area contributed by atoms with Gasteiger partial charge in [-0.3, -0.25) is 4.79 Å². The Morgan fingerprint density at radius 2 is 2.47 bits per heavy atom. The van der Waals surface area contributed by atoms with E-state index >= 15 is 0 Å². The van der Waals surface area contributed by atoms with Crippen LogP contribution in [0.25, 0.3) is 0 Å². The fourth-order valence-electron chi connectivity index (χ4n) is 2.29. The molecule has 17 heavy (non-hydrogen) atoms. The van der Waals surface area contributed by atoms with Crippen LogP contribution in [0.2, 0.25) is 0 Å². The van der Waals surface area contributed by atoms with E-state index in [4.69, 9.17) is 0 Å². The van der Waals surface area contributed by atoms with Crippen LogP contribution in [0.1, 0.15) is 25.5 Å². The first kappa shape index (κ1) is 12.2. The molecule has 0 spiro atoms. The molecule has 0 bridgehead atoms. The van der Waals surface area contributed by atoms with Gasteiger partial charge in [-0.1, -0.05) is 6.92 Å². The van der Waals surface area contributed by atoms with Gasteiger partial charge in [0.25, 0.3) is 0 Å². The average molecular weight is 235 g/mol. The second kappa shape index (κ2) is 5.36. The first-order valence-electron chi connectivity index (χ1n) is 6.28. The Labute approximate surface area is 102 Å². The van der Waals surface area contributed by atoms with E-state index in [1.165, 1.54) is 6.42 Å². The Kier molecular flexibility index (Phi) is 3.84. The first-order valence-corrected chi connectivity index (χ1v) is 6.28. The molecule has 0 aromatic carbocycles. The fourth-order valence-corrected chi connectivity index (χ4v) is 2.29. The van der Waals surface area contributed by atoms with Crippen molar-refractivity contribution in [2.75, 3.05) is 6.54 Å². The van der Waals surface area contributed by atoms with Crippen molar-refractivity contribution in [3.63, 3.8) is 0 Å². The molecule has 2 N–H and O–H groups in total. The average Bonchev–Trinajstić information content (AvgIpc) is 2.72. The van der Waals surface area contributed by atoms with Crippen LogP contribution in [-0.4, -0.2) is 23.1 Å². The van der Waals surface area contributed by atoms with Gasteiger partial charge in [0.05, 0.1) is 12.6 Å². The standard InChI is InChI=1S/C13H21N3O/c1-10-5-6-14-12(8-10)13(17)15-9-11-4-3-7-16(11)2/h3-4,7,10,12,14H,5-6,8-9H2,1-2H3,(H,15,17). The number of hydrogen-bond donors (Lipinski definition) is 2. The molecule has 94 valence electrons. The summed E-state index contributed by atoms with van der Waals surface area (Å²) in [5.74, 6) is 0.764. The van der Waals surface area contributed by atoms with Gasteiger partial charge in [0.15, 0.2) is 0 Å². The highest BCUT2D eigenvalue weighted by Gasteiger charge is 2.24. The maximum Gasteiger partial charge on any atom is 0.237 e. The third-order valence-electron chi connectivity index (χ3n) is 3.48. The predicted octanol–water partition coefficient (Wildman–Crippen LogP) is 1.03. The second-order valence-electron chi connectivity index (χ2n) is 4.96. The van der Waals surface area contributed by atoms with E-state index in [0.29, 0.717) is 12.5 Å². The molecule has 2 atom stereocenters. The summed E-state index contributed by atoms with van der Waals surface area (Å²) in [4.78, 5) is 12.0. The molecule has 1 aromatic heterocycles. The Bertz CT molecular complexity index is 386. The van der Waals surface area contributed by atoms with Crippen molar-refractivity contribution in [3.05, 3.63) is 24.0 Å². The lowest BCUT2D eigenvalue weighted by Gasteiger charge is -2.27. The van der Waals surface area contributed by atoms with Gasteiger partial charge < -0.3 is 15.2 Å². The Hall–Kier alpha value is -1.29. The van der Waals surface area contributed by atoms with Crippen LogP contribution in [0.15, 0.2) is 18.3 Å². The summed E-state index contributed by atoms with van der Waals surface area (Å²) in [6, 6.07) is 4.00. The van der Waals surface area contributed by atoms with Crippen LogP contribution in [0.5, 0.6) is 0 Å². The number of aromatic nitrogens is 1. The minimum absolute atomic E-state index is 0.0148. The van der Waals surface area contributed by atoms with E-state index < -0.39 is 0 Å². The van der Waals surface area contributed by atoms with Crippen molar-refractivity contribution in [1.82, 2.24) is 15.2 Å². The normalized spacial score (nSPS) is 24.6. The Morgan fingerprint density at radius 3 is 3.12 bits per heavy atom. The molecule has 4 heteroatoms. The van der Waals surface area contributed by atoms with Crippen molar-refractivity contribution in [1.29, 1.82) is 0 Å². The molecule has 1 saturated heterocycles. The van der Waals surface area contributed by atoms with Gasteiger partial charge in [-0.25, -0.2) is 0 Å². The molecule has 2 heterocycles. The zero-order chi connectivity index (χ0) is 12.3. The van der Waals surface area contributed by atoms with Crippen molar-refractivity contribution in [2.24, 2.45) is 13.0 Å². The number of amides is 1. The molecule has 2 rings (SSSR count). The second-order valence-corrected chi connectivity index (χ2v) is 4.96. The van der Waals surface area contributed by atoms with Gasteiger partial charge in [-0.15, -0.1) is 0 Å². The smallest absolute Gasteiger partial charge is 0.237 e. The lowest BCUT2D eigenvalue weighted by atomic mass is 9.94. The van der Waals surface area contributed by atoms with E-state index in [0.717, 1.165) is 18.7 Å². The minimum Gasteiger partial charge on any atom is -0.353 e. The fraction of sp³-hybridized carbons (Fsp3) is 0.615. The summed E-state index contributed by atoms with van der Waals surface area (Å²) in [5, 5.41) is 6.27. The number of aryl methyl sites for hydroxylation is 1. The van der Waals surface area contributed by atoms with Crippen LogP contribution in [0.4, 0.5) is 0 Å². The van der Waals surface area contributed by atoms with Crippen LogP contribution in [0.3, 0.4) is 0 Å². The molecule has 0 saturated carbocycles. The molecule has 4 nitrogen and oxygen atoms in total. The van der Waals surface area contributed by atoms with Crippen molar-refractivity contribution >= 4 is 5.91 Å². The Morgan fingerprint density at radius 1 is 1.65 bits per heavy atom. The molecule has 1 aromatic rings. The third-order valence-corrected chi connectivity index (χ3v) is 3.48. The van der Waals surface area contributed by atoms with Gasteiger partial charge in [0.1, 0.15) is 0 Å². The molecule has 2 unspecified atom stereocenters. The quantitative estimate of drug-likeness (QED) is 0.822. The zero-order valence-corrected chi connectivity index (χ0v) is 10.6. The van der Waals surface area contributed by atoms with Crippen LogP contribution in [0, 0.1) is 5.92 Å². The zero-order valence-electron chi connectivity index (χ0n) is 10.6. The molecule has 1 aliphatic heterocycles. The van der Waals surface area contributed by atoms with Gasteiger partial charge in [-0.05, 0) is 37.4 Å². The SMILES string of the molecule is CC1CCNC(C(=O)NCc2cccn2C)C1. The highest BCUT2D eigenvalue weighted by Crippen LogP contribution is 2.15. The molecule has 1 fully saturated rings. The number of carbonyl (C=O) groups excluding carboxylic acids is 1. The number of rotatable bonds is 3. The number of carbonyl (C=O) groups is 1. The molecule has 1 amide bonds. The van der Waals surface area contributed by atoms with Crippen LogP contribution >= 0.6 is 0 Å². The number of hydrogen-bond acceptors (Lipinski definition) is 2. The molecule has 0 radical (unpaired) electrons. The third kappa shape index (κ3) is 3.09. The van der Waals surface area contributed by atoms with E-state index in [-0.39, 0.29) is 11.9 Å². The van der Waals surface area contributed by atoms with Crippen molar-refractivity contribution in [3.8, 4) is 0 Å². The number of nitrogens with one attached hydrogen (secondary N) is 2. The molecular formula is C13H21N3O. The van der Waals surface area contributed by atoms with Gasteiger partial charge in [-0.2, -0.15) is 0 Å². The minimum atomic E-state index is -0.0148. The van der Waals surface area contributed by atoms with Crippen molar-refractivity contribution in [2.45, 2.75) is 32.4 Å². The summed E-state index contributed by atoms with van der Waals surface area (Å²) in [6.45, 7) is 3.76. The Balaban J connectivity index is 1.83. The molecular weight excluding hydrogens is 214 g/mol.